The lowest BCUT2D eigenvalue weighted by Crippen LogP contribution is -2.53. The van der Waals surface area contributed by atoms with Crippen molar-refractivity contribution in [3.63, 3.8) is 0 Å². The molecule has 0 aliphatic carbocycles. The number of fused-ring (bicyclic) bond motifs is 2. The zero-order valence-corrected chi connectivity index (χ0v) is 17.5. The first-order chi connectivity index (χ1) is 15.7. The van der Waals surface area contributed by atoms with E-state index < -0.39 is 17.3 Å². The summed E-state index contributed by atoms with van der Waals surface area (Å²) in [5.74, 6) is 0.128. The van der Waals surface area contributed by atoms with Gasteiger partial charge >= 0.3 is 6.18 Å². The molecule has 170 valence electrons. The van der Waals surface area contributed by atoms with Gasteiger partial charge in [0.25, 0.3) is 11.5 Å². The first kappa shape index (κ1) is 21.3. The molecular weight excluding hydrogens is 437 g/mol. The van der Waals surface area contributed by atoms with Gasteiger partial charge in [-0.15, -0.1) is 0 Å². The van der Waals surface area contributed by atoms with E-state index >= 15 is 0 Å². The number of aromatic nitrogens is 4. The zero-order chi connectivity index (χ0) is 23.4. The fourth-order valence-electron chi connectivity index (χ4n) is 4.61. The summed E-state index contributed by atoms with van der Waals surface area (Å²) < 4.78 is 40.0. The van der Waals surface area contributed by atoms with Gasteiger partial charge < -0.3 is 10.2 Å². The van der Waals surface area contributed by atoms with Crippen LogP contribution in [0.3, 0.4) is 0 Å². The molecule has 1 N–H and O–H groups in total. The number of amides is 1. The van der Waals surface area contributed by atoms with Gasteiger partial charge in [-0.25, -0.2) is 15.0 Å². The second-order valence-electron chi connectivity index (χ2n) is 8.29. The summed E-state index contributed by atoms with van der Waals surface area (Å²) in [6, 6.07) is 7.09. The van der Waals surface area contributed by atoms with Gasteiger partial charge in [-0.05, 0) is 36.8 Å². The van der Waals surface area contributed by atoms with Gasteiger partial charge in [-0.3, -0.25) is 14.2 Å². The number of carbonyl (C=O) groups excluding carboxylic acids is 1. The SMILES string of the molecule is Cn1c([C@@]23CC(CN2)N(C(=O)c2ccc(C(F)(F)F)cc2)C3)nc(-c2ccncn2)cc1=O. The Kier molecular flexibility index (Phi) is 4.82. The van der Waals surface area contributed by atoms with Crippen molar-refractivity contribution in [3.05, 3.63) is 76.2 Å². The molecule has 2 aliphatic rings. The number of alkyl halides is 3. The number of nitrogens with zero attached hydrogens (tertiary/aromatic N) is 5. The van der Waals surface area contributed by atoms with Crippen LogP contribution in [0.1, 0.15) is 28.2 Å². The van der Waals surface area contributed by atoms with Gasteiger partial charge in [0, 0.05) is 44.0 Å². The number of carbonyl (C=O) groups is 1. The fraction of sp³-hybridized carbons (Fsp3) is 0.318. The molecule has 1 amide bonds. The van der Waals surface area contributed by atoms with Crippen LogP contribution in [0.15, 0.2) is 53.7 Å². The van der Waals surface area contributed by atoms with E-state index in [-0.39, 0.29) is 29.6 Å². The maximum atomic E-state index is 13.1. The van der Waals surface area contributed by atoms with Crippen molar-refractivity contribution in [1.82, 2.24) is 29.7 Å². The molecule has 2 saturated heterocycles. The monoisotopic (exact) mass is 456 g/mol. The maximum absolute atomic E-state index is 13.1. The van der Waals surface area contributed by atoms with Crippen LogP contribution in [-0.4, -0.2) is 49.5 Å². The van der Waals surface area contributed by atoms with Crippen LogP contribution in [0.25, 0.3) is 11.4 Å². The number of rotatable bonds is 3. The molecule has 11 heteroatoms. The number of hydrogen-bond donors (Lipinski definition) is 1. The number of hydrogen-bond acceptors (Lipinski definition) is 6. The van der Waals surface area contributed by atoms with Crippen LogP contribution in [-0.2, 0) is 18.8 Å². The molecule has 0 saturated carbocycles. The molecule has 2 fully saturated rings. The molecule has 4 heterocycles. The molecule has 2 aliphatic heterocycles. The van der Waals surface area contributed by atoms with Crippen molar-refractivity contribution in [3.8, 4) is 11.4 Å². The van der Waals surface area contributed by atoms with E-state index in [1.54, 1.807) is 24.2 Å². The van der Waals surface area contributed by atoms with Crippen LogP contribution in [0.5, 0.6) is 0 Å². The lowest BCUT2D eigenvalue weighted by molar-refractivity contribution is -0.137. The summed E-state index contributed by atoms with van der Waals surface area (Å²) in [5, 5.41) is 3.40. The molecule has 8 nitrogen and oxygen atoms in total. The van der Waals surface area contributed by atoms with Crippen LogP contribution in [0, 0.1) is 0 Å². The van der Waals surface area contributed by atoms with E-state index in [0.29, 0.717) is 30.2 Å². The molecule has 0 radical (unpaired) electrons. The fourth-order valence-corrected chi connectivity index (χ4v) is 4.61. The summed E-state index contributed by atoms with van der Waals surface area (Å²) in [6.45, 7) is 0.727. The van der Waals surface area contributed by atoms with Crippen LogP contribution < -0.4 is 10.9 Å². The van der Waals surface area contributed by atoms with Gasteiger partial charge in [0.2, 0.25) is 0 Å². The van der Waals surface area contributed by atoms with Crippen molar-refractivity contribution in [2.75, 3.05) is 13.1 Å². The average Bonchev–Trinajstić information content (AvgIpc) is 3.40. The standard InChI is InChI=1S/C22H19F3N6O2/c1-30-18(32)8-17(16-6-7-26-12-27-16)29-20(30)21-9-15(10-28-21)31(11-21)19(33)13-2-4-14(5-3-13)22(23,24)25/h2-8,12,15,28H,9-11H2,1H3/t15?,21-/m0/s1. The molecule has 1 unspecified atom stereocenters. The highest BCUT2D eigenvalue weighted by Crippen LogP contribution is 2.40. The number of halogens is 3. The number of benzene rings is 1. The van der Waals surface area contributed by atoms with Gasteiger partial charge in [-0.2, -0.15) is 13.2 Å². The largest absolute Gasteiger partial charge is 0.416 e. The number of likely N-dealkylation sites (tertiary alicyclic amines) is 1. The van der Waals surface area contributed by atoms with E-state index in [2.05, 4.69) is 15.3 Å². The molecule has 33 heavy (non-hydrogen) atoms. The summed E-state index contributed by atoms with van der Waals surface area (Å²) in [6.07, 6.45) is -1.00. The topological polar surface area (TPSA) is 93.0 Å². The average molecular weight is 456 g/mol. The van der Waals surface area contributed by atoms with E-state index in [0.717, 1.165) is 12.1 Å². The summed E-state index contributed by atoms with van der Waals surface area (Å²) >= 11 is 0. The Morgan fingerprint density at radius 1 is 1.18 bits per heavy atom. The Morgan fingerprint density at radius 2 is 1.94 bits per heavy atom. The van der Waals surface area contributed by atoms with Crippen LogP contribution >= 0.6 is 0 Å². The molecule has 2 atom stereocenters. The Balaban J connectivity index is 1.47. The van der Waals surface area contributed by atoms with Crippen LogP contribution in [0.2, 0.25) is 0 Å². The number of nitrogens with one attached hydrogen (secondary N) is 1. The number of piperazine rings is 1. The van der Waals surface area contributed by atoms with Gasteiger partial charge in [0.1, 0.15) is 12.2 Å². The highest BCUT2D eigenvalue weighted by atomic mass is 19.4. The normalized spacial score (nSPS) is 22.1. The Labute approximate surface area is 186 Å². The van der Waals surface area contributed by atoms with Crippen molar-refractivity contribution in [2.45, 2.75) is 24.2 Å². The molecule has 2 bridgehead atoms. The van der Waals surface area contributed by atoms with E-state index in [1.165, 1.54) is 29.1 Å². The van der Waals surface area contributed by atoms with E-state index in [4.69, 9.17) is 4.98 Å². The van der Waals surface area contributed by atoms with Gasteiger partial charge in [0.05, 0.1) is 22.5 Å². The second kappa shape index (κ2) is 7.48. The predicted octanol–water partition coefficient (Wildman–Crippen LogP) is 1.97. The van der Waals surface area contributed by atoms with Crippen LogP contribution in [0.4, 0.5) is 13.2 Å². The molecule has 1 aromatic carbocycles. The molecule has 0 spiro atoms. The summed E-state index contributed by atoms with van der Waals surface area (Å²) in [5.41, 5.74) is -0.722. The Morgan fingerprint density at radius 3 is 2.61 bits per heavy atom. The lowest BCUT2D eigenvalue weighted by atomic mass is 9.98. The maximum Gasteiger partial charge on any atom is 0.416 e. The first-order valence-corrected chi connectivity index (χ1v) is 10.3. The highest BCUT2D eigenvalue weighted by molar-refractivity contribution is 5.95. The van der Waals surface area contributed by atoms with Gasteiger partial charge in [-0.1, -0.05) is 0 Å². The molecule has 5 rings (SSSR count). The zero-order valence-electron chi connectivity index (χ0n) is 17.5. The smallest absolute Gasteiger partial charge is 0.332 e. The highest BCUT2D eigenvalue weighted by Gasteiger charge is 2.54. The minimum Gasteiger partial charge on any atom is -0.332 e. The summed E-state index contributed by atoms with van der Waals surface area (Å²) in [4.78, 5) is 40.2. The predicted molar refractivity (Wildman–Crippen MR) is 111 cm³/mol. The van der Waals surface area contributed by atoms with E-state index in [1.807, 2.05) is 0 Å². The molecule has 2 aromatic heterocycles. The lowest BCUT2D eigenvalue weighted by Gasteiger charge is -2.34. The van der Waals surface area contributed by atoms with Crippen molar-refractivity contribution in [2.24, 2.45) is 7.05 Å². The van der Waals surface area contributed by atoms with Gasteiger partial charge in [0.15, 0.2) is 0 Å². The quantitative estimate of drug-likeness (QED) is 0.648. The third kappa shape index (κ3) is 3.58. The van der Waals surface area contributed by atoms with E-state index in [9.17, 15) is 22.8 Å². The van der Waals surface area contributed by atoms with Crippen molar-refractivity contribution < 1.29 is 18.0 Å². The van der Waals surface area contributed by atoms with Crippen molar-refractivity contribution >= 4 is 5.91 Å². The minimum absolute atomic E-state index is 0.167. The minimum atomic E-state index is -4.46. The Bertz CT molecular complexity index is 1280. The first-order valence-electron chi connectivity index (χ1n) is 10.3. The second-order valence-corrected chi connectivity index (χ2v) is 8.29. The molecule has 3 aromatic rings. The summed E-state index contributed by atoms with van der Waals surface area (Å²) in [7, 11) is 1.62. The third-order valence-electron chi connectivity index (χ3n) is 6.27. The molecular formula is C22H19F3N6O2. The third-order valence-corrected chi connectivity index (χ3v) is 6.27. The van der Waals surface area contributed by atoms with Crippen molar-refractivity contribution in [1.29, 1.82) is 0 Å². The Hall–Kier alpha value is -3.60.